The van der Waals surface area contributed by atoms with Gasteiger partial charge in [-0.15, -0.1) is 0 Å². The molecule has 0 aliphatic rings. The number of hydrogen-bond donors (Lipinski definition) is 1. The van der Waals surface area contributed by atoms with Crippen LogP contribution in [0.3, 0.4) is 0 Å². The molecule has 0 saturated carbocycles. The van der Waals surface area contributed by atoms with Crippen molar-refractivity contribution in [3.05, 3.63) is 58.8 Å². The van der Waals surface area contributed by atoms with Crippen LogP contribution in [0.2, 0.25) is 13.3 Å². The molecule has 0 unspecified atom stereocenters. The molecule has 4 heteroatoms. The number of fused-ring (bicyclic) bond motifs is 1. The van der Waals surface area contributed by atoms with Gasteiger partial charge >= 0.3 is 198 Å². The van der Waals surface area contributed by atoms with Crippen molar-refractivity contribution in [3.63, 3.8) is 0 Å². The van der Waals surface area contributed by atoms with Gasteiger partial charge in [-0.2, -0.15) is 0 Å². The Kier molecular flexibility index (Phi) is 9.27. The molecule has 0 saturated heterocycles. The van der Waals surface area contributed by atoms with Crippen LogP contribution in [0.25, 0.3) is 22.3 Å². The standard InChI is InChI=1S/C16H12NO2.3C4H9.Sn/c1-17-12-8-6-11(7-9-12)16-10-14(18)13-4-2-3-5-15(13)19-16;3*1-3-4-2;/h3-10,17H,1H3;3*1,3-4H2,2H3;. The third-order valence-electron chi connectivity index (χ3n) is 6.82. The summed E-state index contributed by atoms with van der Waals surface area (Å²) in [5, 5.41) is 3.88. The van der Waals surface area contributed by atoms with Gasteiger partial charge in [0.15, 0.2) is 0 Å². The van der Waals surface area contributed by atoms with E-state index in [0.29, 0.717) is 11.3 Å². The molecule has 3 rings (SSSR count). The Hall–Kier alpha value is -1.75. The molecule has 0 spiro atoms. The van der Waals surface area contributed by atoms with E-state index in [4.69, 9.17) is 4.42 Å². The summed E-state index contributed by atoms with van der Waals surface area (Å²) in [7, 11) is 1.90. The molecule has 2 aromatic carbocycles. The van der Waals surface area contributed by atoms with Crippen molar-refractivity contribution < 1.29 is 4.42 Å². The average Bonchev–Trinajstić information content (AvgIpc) is 2.83. The van der Waals surface area contributed by atoms with Crippen molar-refractivity contribution in [3.8, 4) is 11.3 Å². The molecule has 1 heterocycles. The molecule has 0 bridgehead atoms. The number of hydrogen-bond acceptors (Lipinski definition) is 3. The van der Waals surface area contributed by atoms with E-state index in [1.165, 1.54) is 55.4 Å². The predicted octanol–water partition coefficient (Wildman–Crippen LogP) is 7.56. The fourth-order valence-electron chi connectivity index (χ4n) is 4.78. The van der Waals surface area contributed by atoms with E-state index >= 15 is 0 Å². The summed E-state index contributed by atoms with van der Waals surface area (Å²) >= 11 is -2.58. The molecule has 3 aromatic rings. The van der Waals surface area contributed by atoms with Crippen molar-refractivity contribution in [2.24, 2.45) is 0 Å². The maximum atomic E-state index is 13.2. The Morgan fingerprint density at radius 2 is 1.41 bits per heavy atom. The Labute approximate surface area is 197 Å². The molecular formula is C28H39NO2Sn. The summed E-state index contributed by atoms with van der Waals surface area (Å²) < 4.78 is 11.9. The van der Waals surface area contributed by atoms with E-state index in [1.54, 1.807) is 6.07 Å². The van der Waals surface area contributed by atoms with Crippen LogP contribution in [0.4, 0.5) is 5.69 Å². The summed E-state index contributed by atoms with van der Waals surface area (Å²) in [6.45, 7) is 6.90. The van der Waals surface area contributed by atoms with Crippen LogP contribution >= 0.6 is 0 Å². The molecule has 0 amide bonds. The maximum absolute atomic E-state index is 13.2. The SMILES string of the molecule is CCC[CH2][Sn]([CH2]CCC)([CH2]CCC)[c]1ccc2oc(-c3ccc(NC)cc3)cc(=O)c2c1. The Morgan fingerprint density at radius 1 is 0.812 bits per heavy atom. The topological polar surface area (TPSA) is 42.2 Å². The summed E-state index contributed by atoms with van der Waals surface area (Å²) in [6.07, 6.45) is 7.71. The second-order valence-electron chi connectivity index (χ2n) is 9.10. The zero-order valence-electron chi connectivity index (χ0n) is 20.3. The van der Waals surface area contributed by atoms with Crippen LogP contribution in [0.5, 0.6) is 0 Å². The molecule has 0 atom stereocenters. The van der Waals surface area contributed by atoms with Crippen molar-refractivity contribution in [1.29, 1.82) is 0 Å². The van der Waals surface area contributed by atoms with Gasteiger partial charge in [-0.25, -0.2) is 0 Å². The fourth-order valence-corrected chi connectivity index (χ4v) is 20.8. The number of nitrogens with one attached hydrogen (secondary N) is 1. The van der Waals surface area contributed by atoms with Crippen molar-refractivity contribution in [2.45, 2.75) is 72.6 Å². The second kappa shape index (κ2) is 11.9. The van der Waals surface area contributed by atoms with Crippen LogP contribution in [0.1, 0.15) is 59.3 Å². The minimum absolute atomic E-state index is 0.0717. The first kappa shape index (κ1) is 24.9. The van der Waals surface area contributed by atoms with Crippen LogP contribution in [0.15, 0.2) is 57.7 Å². The predicted molar refractivity (Wildman–Crippen MR) is 142 cm³/mol. The zero-order valence-corrected chi connectivity index (χ0v) is 23.2. The van der Waals surface area contributed by atoms with Gasteiger partial charge in [0.25, 0.3) is 0 Å². The van der Waals surface area contributed by atoms with Crippen LogP contribution in [0, 0.1) is 0 Å². The third kappa shape index (κ3) is 5.78. The van der Waals surface area contributed by atoms with Gasteiger partial charge in [0.2, 0.25) is 0 Å². The van der Waals surface area contributed by atoms with Crippen molar-refractivity contribution in [2.75, 3.05) is 12.4 Å². The quantitative estimate of drug-likeness (QED) is 0.241. The minimum atomic E-state index is -2.58. The van der Waals surface area contributed by atoms with Crippen LogP contribution < -0.4 is 14.3 Å². The van der Waals surface area contributed by atoms with E-state index in [2.05, 4.69) is 44.3 Å². The molecular weight excluding hydrogens is 501 g/mol. The van der Waals surface area contributed by atoms with E-state index in [0.717, 1.165) is 16.6 Å². The van der Waals surface area contributed by atoms with E-state index in [1.807, 2.05) is 31.3 Å². The molecule has 1 N–H and O–H groups in total. The van der Waals surface area contributed by atoms with E-state index in [-0.39, 0.29) is 5.43 Å². The Bertz CT molecular complexity index is 1030. The summed E-state index contributed by atoms with van der Waals surface area (Å²) in [5.41, 5.74) is 2.74. The van der Waals surface area contributed by atoms with Crippen LogP contribution in [-0.4, -0.2) is 25.4 Å². The first-order valence-electron chi connectivity index (χ1n) is 12.4. The number of benzene rings is 2. The molecule has 1 aromatic heterocycles. The first-order chi connectivity index (χ1) is 15.6. The van der Waals surface area contributed by atoms with Gasteiger partial charge in [-0.05, 0) is 0 Å². The summed E-state index contributed by atoms with van der Waals surface area (Å²) in [5.74, 6) is 0.635. The normalized spacial score (nSPS) is 11.8. The Balaban J connectivity index is 2.05. The van der Waals surface area contributed by atoms with Gasteiger partial charge in [0, 0.05) is 0 Å². The molecule has 172 valence electrons. The van der Waals surface area contributed by atoms with Gasteiger partial charge in [-0.1, -0.05) is 0 Å². The van der Waals surface area contributed by atoms with Gasteiger partial charge in [0.05, 0.1) is 0 Å². The Morgan fingerprint density at radius 3 is 1.94 bits per heavy atom. The number of anilines is 1. The van der Waals surface area contributed by atoms with Gasteiger partial charge in [0.1, 0.15) is 0 Å². The van der Waals surface area contributed by atoms with Gasteiger partial charge < -0.3 is 0 Å². The molecule has 0 fully saturated rings. The summed E-state index contributed by atoms with van der Waals surface area (Å²) in [4.78, 5) is 13.2. The molecule has 0 aliphatic heterocycles. The van der Waals surface area contributed by atoms with Gasteiger partial charge in [-0.3, -0.25) is 0 Å². The number of unbranched alkanes of at least 4 members (excludes halogenated alkanes) is 3. The molecule has 0 radical (unpaired) electrons. The molecule has 32 heavy (non-hydrogen) atoms. The van der Waals surface area contributed by atoms with Crippen molar-refractivity contribution in [1.82, 2.24) is 0 Å². The fraction of sp³-hybridized carbons (Fsp3) is 0.464. The zero-order chi connectivity index (χ0) is 23.0. The monoisotopic (exact) mass is 541 g/mol. The van der Waals surface area contributed by atoms with E-state index < -0.39 is 18.4 Å². The molecule has 3 nitrogen and oxygen atoms in total. The third-order valence-corrected chi connectivity index (χ3v) is 22.4. The second-order valence-corrected chi connectivity index (χ2v) is 22.3. The summed E-state index contributed by atoms with van der Waals surface area (Å²) in [6, 6.07) is 16.3. The first-order valence-corrected chi connectivity index (χ1v) is 19.9. The molecule has 0 aliphatic carbocycles. The van der Waals surface area contributed by atoms with E-state index in [9.17, 15) is 4.79 Å². The van der Waals surface area contributed by atoms with Crippen molar-refractivity contribution >= 4 is 38.6 Å². The van der Waals surface area contributed by atoms with Crippen LogP contribution in [-0.2, 0) is 0 Å². The average molecular weight is 540 g/mol. The number of rotatable bonds is 12.